The summed E-state index contributed by atoms with van der Waals surface area (Å²) in [5.74, 6) is 0. The molecule has 3 aromatic rings. The molecule has 26 heavy (non-hydrogen) atoms. The highest BCUT2D eigenvalue weighted by molar-refractivity contribution is 5.88. The molecule has 128 valence electrons. The van der Waals surface area contributed by atoms with Crippen LogP contribution in [-0.4, -0.2) is 13.2 Å². The average molecular weight is 339 g/mol. The van der Waals surface area contributed by atoms with Crippen LogP contribution >= 0.6 is 0 Å². The molecule has 0 saturated carbocycles. The molecule has 0 unspecified atom stereocenters. The molecule has 0 spiro atoms. The third kappa shape index (κ3) is 2.43. The van der Waals surface area contributed by atoms with E-state index in [9.17, 15) is 5.26 Å². The van der Waals surface area contributed by atoms with E-state index in [0.717, 1.165) is 17.1 Å². The zero-order chi connectivity index (χ0) is 18.3. The number of hydrogen-bond donors (Lipinski definition) is 0. The van der Waals surface area contributed by atoms with Crippen LogP contribution in [0.5, 0.6) is 0 Å². The first-order valence-corrected chi connectivity index (χ1v) is 8.83. The number of anilines is 3. The summed E-state index contributed by atoms with van der Waals surface area (Å²) < 4.78 is 0. The van der Waals surface area contributed by atoms with E-state index in [0.29, 0.717) is 5.56 Å². The number of aryl methyl sites for hydroxylation is 1. The molecule has 1 aliphatic heterocycles. The van der Waals surface area contributed by atoms with E-state index in [-0.39, 0.29) is 6.17 Å². The number of benzene rings is 3. The van der Waals surface area contributed by atoms with Crippen molar-refractivity contribution in [3.8, 4) is 17.2 Å². The van der Waals surface area contributed by atoms with Crippen molar-refractivity contribution in [2.45, 2.75) is 20.0 Å². The molecular formula is C23H21N3. The highest BCUT2D eigenvalue weighted by Gasteiger charge is 2.34. The lowest BCUT2D eigenvalue weighted by Crippen LogP contribution is -2.36. The van der Waals surface area contributed by atoms with Gasteiger partial charge in [-0.3, -0.25) is 0 Å². The van der Waals surface area contributed by atoms with E-state index < -0.39 is 0 Å². The Hall–Kier alpha value is -3.25. The van der Waals surface area contributed by atoms with Crippen LogP contribution in [0.15, 0.2) is 66.7 Å². The molecule has 0 bridgehead atoms. The quantitative estimate of drug-likeness (QED) is 0.620. The van der Waals surface area contributed by atoms with E-state index >= 15 is 0 Å². The van der Waals surface area contributed by atoms with Crippen molar-refractivity contribution in [3.05, 3.63) is 77.9 Å². The van der Waals surface area contributed by atoms with Crippen LogP contribution in [0.2, 0.25) is 0 Å². The Balaban J connectivity index is 1.84. The normalized spacial score (nSPS) is 15.7. The first-order chi connectivity index (χ1) is 12.6. The third-order valence-electron chi connectivity index (χ3n) is 5.25. The highest BCUT2D eigenvalue weighted by Crippen LogP contribution is 2.46. The fourth-order valence-corrected chi connectivity index (χ4v) is 3.78. The number of nitriles is 1. The average Bonchev–Trinajstić information content (AvgIpc) is 2.93. The van der Waals surface area contributed by atoms with Gasteiger partial charge >= 0.3 is 0 Å². The van der Waals surface area contributed by atoms with Crippen molar-refractivity contribution in [1.29, 1.82) is 5.26 Å². The number of para-hydroxylation sites is 1. The van der Waals surface area contributed by atoms with Crippen molar-refractivity contribution >= 4 is 17.1 Å². The Bertz CT molecular complexity index is 1000. The fraction of sp³-hybridized carbons (Fsp3) is 0.174. The van der Waals surface area contributed by atoms with Gasteiger partial charge in [-0.05, 0) is 54.8 Å². The lowest BCUT2D eigenvalue weighted by atomic mass is 10.0. The molecule has 0 radical (unpaired) electrons. The third-order valence-corrected chi connectivity index (χ3v) is 5.25. The summed E-state index contributed by atoms with van der Waals surface area (Å²) >= 11 is 0. The van der Waals surface area contributed by atoms with Gasteiger partial charge in [-0.15, -0.1) is 0 Å². The van der Waals surface area contributed by atoms with Gasteiger partial charge in [0.1, 0.15) is 12.2 Å². The maximum atomic E-state index is 9.61. The highest BCUT2D eigenvalue weighted by atomic mass is 15.4. The topological polar surface area (TPSA) is 30.3 Å². The molecule has 0 N–H and O–H groups in total. The van der Waals surface area contributed by atoms with Gasteiger partial charge in [-0.1, -0.05) is 42.5 Å². The van der Waals surface area contributed by atoms with Gasteiger partial charge in [0.05, 0.1) is 16.9 Å². The van der Waals surface area contributed by atoms with Crippen LogP contribution in [0.4, 0.5) is 17.1 Å². The van der Waals surface area contributed by atoms with Crippen molar-refractivity contribution in [2.24, 2.45) is 0 Å². The molecule has 3 aromatic carbocycles. The second kappa shape index (κ2) is 6.24. The van der Waals surface area contributed by atoms with Gasteiger partial charge in [-0.2, -0.15) is 5.26 Å². The smallest absolute Gasteiger partial charge is 0.103 e. The second-order valence-corrected chi connectivity index (χ2v) is 6.77. The zero-order valence-electron chi connectivity index (χ0n) is 15.3. The number of rotatable bonds is 2. The van der Waals surface area contributed by atoms with E-state index in [1.807, 2.05) is 18.2 Å². The number of hydrogen-bond acceptors (Lipinski definition) is 3. The predicted octanol–water partition coefficient (Wildman–Crippen LogP) is 5.47. The van der Waals surface area contributed by atoms with Crippen LogP contribution in [0.25, 0.3) is 11.1 Å². The van der Waals surface area contributed by atoms with E-state index in [1.165, 1.54) is 16.7 Å². The van der Waals surface area contributed by atoms with E-state index in [4.69, 9.17) is 0 Å². The second-order valence-electron chi connectivity index (χ2n) is 6.77. The zero-order valence-corrected chi connectivity index (χ0v) is 15.3. The van der Waals surface area contributed by atoms with Gasteiger partial charge in [0.2, 0.25) is 0 Å². The van der Waals surface area contributed by atoms with Gasteiger partial charge in [0.25, 0.3) is 0 Å². The van der Waals surface area contributed by atoms with Crippen LogP contribution in [0, 0.1) is 18.3 Å². The molecule has 0 amide bonds. The van der Waals surface area contributed by atoms with Crippen molar-refractivity contribution in [3.63, 3.8) is 0 Å². The van der Waals surface area contributed by atoms with Crippen molar-refractivity contribution < 1.29 is 0 Å². The van der Waals surface area contributed by atoms with Crippen molar-refractivity contribution in [2.75, 3.05) is 16.8 Å². The molecule has 1 heterocycles. The summed E-state index contributed by atoms with van der Waals surface area (Å²) in [4.78, 5) is 4.50. The van der Waals surface area contributed by atoms with Crippen LogP contribution in [-0.2, 0) is 0 Å². The molecule has 0 aliphatic carbocycles. The van der Waals surface area contributed by atoms with Gasteiger partial charge in [0, 0.05) is 12.7 Å². The molecule has 3 heteroatoms. The Morgan fingerprint density at radius 1 is 0.885 bits per heavy atom. The van der Waals surface area contributed by atoms with Crippen LogP contribution < -0.4 is 9.80 Å². The summed E-state index contributed by atoms with van der Waals surface area (Å²) in [5.41, 5.74) is 7.58. The predicted molar refractivity (Wildman–Crippen MR) is 108 cm³/mol. The fourth-order valence-electron chi connectivity index (χ4n) is 3.78. The summed E-state index contributed by atoms with van der Waals surface area (Å²) in [6, 6.07) is 25.3. The molecule has 3 nitrogen and oxygen atoms in total. The molecule has 0 aromatic heterocycles. The summed E-state index contributed by atoms with van der Waals surface area (Å²) in [5, 5.41) is 9.61. The number of nitrogens with zero attached hydrogens (tertiary/aromatic N) is 3. The minimum atomic E-state index is 0.153. The number of fused-ring (bicyclic) bond motifs is 1. The lowest BCUT2D eigenvalue weighted by Gasteiger charge is -2.29. The molecule has 1 atom stereocenters. The Kier molecular flexibility index (Phi) is 3.89. The monoisotopic (exact) mass is 339 g/mol. The first-order valence-electron chi connectivity index (χ1n) is 8.83. The van der Waals surface area contributed by atoms with Gasteiger partial charge < -0.3 is 9.80 Å². The Morgan fingerprint density at radius 3 is 2.35 bits per heavy atom. The molecule has 0 fully saturated rings. The minimum absolute atomic E-state index is 0.153. The summed E-state index contributed by atoms with van der Waals surface area (Å²) in [6.07, 6.45) is 0.153. The minimum Gasteiger partial charge on any atom is -0.352 e. The first kappa shape index (κ1) is 16.2. The summed E-state index contributed by atoms with van der Waals surface area (Å²) in [7, 11) is 2.08. The van der Waals surface area contributed by atoms with Crippen LogP contribution in [0.3, 0.4) is 0 Å². The molecule has 0 saturated heterocycles. The van der Waals surface area contributed by atoms with Gasteiger partial charge in [0.15, 0.2) is 0 Å². The standard InChI is InChI=1S/C23H21N3/c1-16-14-19(18-8-5-4-6-9-18)12-13-21(16)26-17(2)25(3)22-11-7-10-20(15-24)23(22)26/h4-14,17H,1-3H3/t17-/m0/s1. The lowest BCUT2D eigenvalue weighted by molar-refractivity contribution is 0.732. The van der Waals surface area contributed by atoms with Crippen molar-refractivity contribution in [1.82, 2.24) is 0 Å². The van der Waals surface area contributed by atoms with E-state index in [1.54, 1.807) is 0 Å². The SMILES string of the molecule is Cc1cc(-c2ccccc2)ccc1N1c2c(C#N)cccc2N(C)[C@@H]1C. The molecule has 1 aliphatic rings. The Labute approximate surface area is 154 Å². The van der Waals surface area contributed by atoms with Crippen LogP contribution in [0.1, 0.15) is 18.1 Å². The Morgan fingerprint density at radius 2 is 1.65 bits per heavy atom. The largest absolute Gasteiger partial charge is 0.352 e. The summed E-state index contributed by atoms with van der Waals surface area (Å²) in [6.45, 7) is 4.31. The maximum absolute atomic E-state index is 9.61. The van der Waals surface area contributed by atoms with E-state index in [2.05, 4.69) is 85.3 Å². The van der Waals surface area contributed by atoms with Gasteiger partial charge in [-0.25, -0.2) is 0 Å². The molecule has 4 rings (SSSR count). The maximum Gasteiger partial charge on any atom is 0.103 e. The molecular weight excluding hydrogens is 318 g/mol.